The van der Waals surface area contributed by atoms with E-state index in [0.717, 1.165) is 12.8 Å². The molecule has 0 aromatic rings. The van der Waals surface area contributed by atoms with Crippen molar-refractivity contribution in [3.05, 3.63) is 6.04 Å². The van der Waals surface area contributed by atoms with Gasteiger partial charge in [-0.05, 0) is 20.3 Å². The lowest BCUT2D eigenvalue weighted by molar-refractivity contribution is 0.601. The van der Waals surface area contributed by atoms with Gasteiger partial charge in [0.2, 0.25) is 0 Å². The van der Waals surface area contributed by atoms with Crippen LogP contribution in [0.25, 0.3) is 0 Å². The predicted molar refractivity (Wildman–Crippen MR) is 42.0 cm³/mol. The van der Waals surface area contributed by atoms with E-state index in [-0.39, 0.29) is 6.04 Å². The van der Waals surface area contributed by atoms with E-state index in [1.807, 2.05) is 13.8 Å². The van der Waals surface area contributed by atoms with Crippen LogP contribution in [-0.2, 0) is 0 Å². The van der Waals surface area contributed by atoms with Gasteiger partial charge < -0.3 is 0 Å². The van der Waals surface area contributed by atoms with Gasteiger partial charge in [-0.15, -0.1) is 0 Å². The molecule has 57 valence electrons. The summed E-state index contributed by atoms with van der Waals surface area (Å²) in [6.45, 7) is 6.01. The van der Waals surface area contributed by atoms with Crippen molar-refractivity contribution in [1.82, 2.24) is 5.32 Å². The van der Waals surface area contributed by atoms with Crippen LogP contribution in [0.5, 0.6) is 0 Å². The van der Waals surface area contributed by atoms with Crippen molar-refractivity contribution < 1.29 is 0 Å². The van der Waals surface area contributed by atoms with Gasteiger partial charge >= 0.3 is 0 Å². The van der Waals surface area contributed by atoms with Crippen LogP contribution in [0, 0.1) is 17.4 Å². The summed E-state index contributed by atoms with van der Waals surface area (Å²) in [7, 11) is 0. The summed E-state index contributed by atoms with van der Waals surface area (Å²) in [4.78, 5) is 0. The lowest BCUT2D eigenvalue weighted by Gasteiger charge is -2.12. The molecule has 0 amide bonds. The fourth-order valence-corrected chi connectivity index (χ4v) is 0.849. The Balaban J connectivity index is 3.39. The zero-order valence-corrected chi connectivity index (χ0v) is 6.94. The molecule has 0 heterocycles. The Bertz CT molecular complexity index is 115. The molecule has 2 nitrogen and oxygen atoms in total. The van der Waals surface area contributed by atoms with Crippen molar-refractivity contribution in [2.75, 3.05) is 0 Å². The Morgan fingerprint density at radius 1 is 1.70 bits per heavy atom. The number of rotatable bonds is 4. The monoisotopic (exact) mass is 139 g/mol. The Morgan fingerprint density at radius 2 is 2.30 bits per heavy atom. The Hall–Kier alpha value is -0.550. The molecule has 0 saturated carbocycles. The van der Waals surface area contributed by atoms with Crippen LogP contribution < -0.4 is 5.32 Å². The molecule has 0 rings (SSSR count). The van der Waals surface area contributed by atoms with Crippen LogP contribution >= 0.6 is 0 Å². The van der Waals surface area contributed by atoms with Crippen molar-refractivity contribution >= 4 is 0 Å². The minimum absolute atomic E-state index is 0.0495. The van der Waals surface area contributed by atoms with Crippen LogP contribution in [-0.4, -0.2) is 6.04 Å². The molecule has 0 aliphatic rings. The fourth-order valence-electron chi connectivity index (χ4n) is 0.849. The van der Waals surface area contributed by atoms with Crippen molar-refractivity contribution in [3.8, 4) is 6.07 Å². The molecule has 0 saturated heterocycles. The van der Waals surface area contributed by atoms with Gasteiger partial charge in [-0.2, -0.15) is 5.26 Å². The van der Waals surface area contributed by atoms with Gasteiger partial charge in [-0.25, -0.2) is 0 Å². The van der Waals surface area contributed by atoms with Gasteiger partial charge in [0.15, 0.2) is 0 Å². The molecule has 1 atom stereocenters. The van der Waals surface area contributed by atoms with Gasteiger partial charge in [-0.3, -0.25) is 5.32 Å². The van der Waals surface area contributed by atoms with Crippen LogP contribution in [0.2, 0.25) is 0 Å². The minimum atomic E-state index is -0.0495. The highest BCUT2D eigenvalue weighted by atomic mass is 14.9. The molecular formula is C8H15N2. The van der Waals surface area contributed by atoms with Gasteiger partial charge in [0.1, 0.15) is 0 Å². The second-order valence-corrected chi connectivity index (χ2v) is 2.53. The summed E-state index contributed by atoms with van der Waals surface area (Å²) in [5.41, 5.74) is 0. The first-order valence-electron chi connectivity index (χ1n) is 3.69. The van der Waals surface area contributed by atoms with Crippen LogP contribution in [0.4, 0.5) is 0 Å². The normalized spacial score (nSPS) is 13.1. The molecule has 2 heteroatoms. The maximum Gasteiger partial charge on any atom is 0.0929 e. The van der Waals surface area contributed by atoms with Gasteiger partial charge in [0, 0.05) is 6.04 Å². The maximum atomic E-state index is 8.43. The summed E-state index contributed by atoms with van der Waals surface area (Å²) < 4.78 is 0. The molecule has 0 aromatic heterocycles. The Morgan fingerprint density at radius 3 is 2.70 bits per heavy atom. The Labute approximate surface area is 63.2 Å². The zero-order valence-electron chi connectivity index (χ0n) is 6.94. The lowest BCUT2D eigenvalue weighted by Crippen LogP contribution is -2.27. The number of nitrogens with one attached hydrogen (secondary N) is 1. The summed E-state index contributed by atoms with van der Waals surface area (Å²) in [5, 5.41) is 11.5. The summed E-state index contributed by atoms with van der Waals surface area (Å²) in [5.74, 6) is 0. The van der Waals surface area contributed by atoms with Crippen molar-refractivity contribution in [2.24, 2.45) is 0 Å². The zero-order chi connectivity index (χ0) is 7.98. The van der Waals surface area contributed by atoms with Gasteiger partial charge in [-0.1, -0.05) is 13.3 Å². The van der Waals surface area contributed by atoms with Gasteiger partial charge in [0.05, 0.1) is 12.1 Å². The quantitative estimate of drug-likeness (QED) is 0.645. The Kier molecular flexibility index (Phi) is 4.96. The topological polar surface area (TPSA) is 35.8 Å². The molecule has 0 spiro atoms. The van der Waals surface area contributed by atoms with E-state index < -0.39 is 0 Å². The molecule has 0 bridgehead atoms. The molecule has 0 aromatic carbocycles. The predicted octanol–water partition coefficient (Wildman–Crippen LogP) is 1.84. The molecule has 1 unspecified atom stereocenters. The third-order valence-corrected chi connectivity index (χ3v) is 1.28. The molecule has 0 fully saturated rings. The van der Waals surface area contributed by atoms with Crippen LogP contribution in [0.15, 0.2) is 0 Å². The second kappa shape index (κ2) is 5.25. The first kappa shape index (κ1) is 9.45. The lowest BCUT2D eigenvalue weighted by atomic mass is 10.2. The van der Waals surface area contributed by atoms with Crippen molar-refractivity contribution in [2.45, 2.75) is 39.7 Å². The number of nitrogens with zero attached hydrogens (tertiary/aromatic N) is 1. The first-order valence-corrected chi connectivity index (χ1v) is 3.69. The number of nitriles is 1. The fraction of sp³-hybridized carbons (Fsp3) is 0.750. The minimum Gasteiger partial charge on any atom is -0.295 e. The third-order valence-electron chi connectivity index (χ3n) is 1.28. The highest BCUT2D eigenvalue weighted by Gasteiger charge is 2.04. The van der Waals surface area contributed by atoms with E-state index >= 15 is 0 Å². The van der Waals surface area contributed by atoms with E-state index in [1.165, 1.54) is 6.04 Å². The average molecular weight is 139 g/mol. The molecule has 1 N–H and O–H groups in total. The van der Waals surface area contributed by atoms with Gasteiger partial charge in [0.25, 0.3) is 0 Å². The molecule has 10 heavy (non-hydrogen) atoms. The van der Waals surface area contributed by atoms with E-state index in [1.54, 1.807) is 0 Å². The second-order valence-electron chi connectivity index (χ2n) is 2.53. The smallest absolute Gasteiger partial charge is 0.0929 e. The SMILES string of the molecule is CCC[C](C)NC(C)C#N. The molecular weight excluding hydrogens is 124 g/mol. The van der Waals surface area contributed by atoms with E-state index in [9.17, 15) is 0 Å². The average Bonchev–Trinajstić information content (AvgIpc) is 1.88. The largest absolute Gasteiger partial charge is 0.295 e. The third kappa shape index (κ3) is 4.34. The maximum absolute atomic E-state index is 8.43. The van der Waals surface area contributed by atoms with Crippen LogP contribution in [0.1, 0.15) is 33.6 Å². The summed E-state index contributed by atoms with van der Waals surface area (Å²) in [6.07, 6.45) is 2.20. The molecule has 1 radical (unpaired) electrons. The highest BCUT2D eigenvalue weighted by molar-refractivity contribution is 4.93. The van der Waals surface area contributed by atoms with Crippen LogP contribution in [0.3, 0.4) is 0 Å². The van der Waals surface area contributed by atoms with Crippen molar-refractivity contribution in [3.63, 3.8) is 0 Å². The van der Waals surface area contributed by atoms with Crippen molar-refractivity contribution in [1.29, 1.82) is 5.26 Å². The van der Waals surface area contributed by atoms with E-state index in [4.69, 9.17) is 5.26 Å². The molecule has 0 aliphatic carbocycles. The summed E-state index contributed by atoms with van der Waals surface area (Å²) >= 11 is 0. The highest BCUT2D eigenvalue weighted by Crippen LogP contribution is 2.03. The first-order chi connectivity index (χ1) is 4.70. The standard InChI is InChI=1S/C8H15N2/c1-4-5-7(2)10-8(3)6-9/h8,10H,4-5H2,1-3H3. The van der Waals surface area contributed by atoms with E-state index in [0.29, 0.717) is 0 Å². The number of hydrogen-bond acceptors (Lipinski definition) is 2. The van der Waals surface area contributed by atoms with E-state index in [2.05, 4.69) is 18.3 Å². The number of hydrogen-bond donors (Lipinski definition) is 1. The molecule has 0 aliphatic heterocycles. The summed E-state index contributed by atoms with van der Waals surface area (Å²) in [6, 6.07) is 3.28.